The summed E-state index contributed by atoms with van der Waals surface area (Å²) in [5, 5.41) is 0. The Bertz CT molecular complexity index is 410. The fourth-order valence-corrected chi connectivity index (χ4v) is 2.00. The predicted molar refractivity (Wildman–Crippen MR) is 65.0 cm³/mol. The minimum absolute atomic E-state index is 0.0453. The van der Waals surface area contributed by atoms with Gasteiger partial charge in [-0.05, 0) is 42.4 Å². The molecule has 1 N–H and O–H groups in total. The minimum Gasteiger partial charge on any atom is -0.378 e. The molecule has 0 amide bonds. The van der Waals surface area contributed by atoms with E-state index in [2.05, 4.69) is 9.97 Å². The molecule has 15 heavy (non-hydrogen) atoms. The summed E-state index contributed by atoms with van der Waals surface area (Å²) in [4.78, 5) is 18.6. The van der Waals surface area contributed by atoms with Gasteiger partial charge in [-0.2, -0.15) is 0 Å². The molecule has 1 aliphatic heterocycles. The first kappa shape index (κ1) is 11.1. The van der Waals surface area contributed by atoms with E-state index in [-0.39, 0.29) is 11.7 Å². The highest BCUT2D eigenvalue weighted by Crippen LogP contribution is 2.15. The zero-order valence-corrected chi connectivity index (χ0v) is 10.7. The molecule has 0 aliphatic carbocycles. The van der Waals surface area contributed by atoms with Crippen molar-refractivity contribution in [1.82, 2.24) is 9.97 Å². The van der Waals surface area contributed by atoms with E-state index in [9.17, 15) is 4.79 Å². The molecule has 2 rings (SSSR count). The van der Waals surface area contributed by atoms with Crippen LogP contribution in [-0.4, -0.2) is 22.7 Å². The van der Waals surface area contributed by atoms with Crippen LogP contribution in [0, 0.1) is 10.5 Å². The number of ether oxygens (including phenoxy) is 1. The average Bonchev–Trinajstić information content (AvgIpc) is 2.66. The smallest absolute Gasteiger partial charge is 0.264 e. The third kappa shape index (κ3) is 2.57. The maximum Gasteiger partial charge on any atom is 0.264 e. The number of hydrogen-bond acceptors (Lipinski definition) is 3. The Hall–Kier alpha value is -0.430. The summed E-state index contributed by atoms with van der Waals surface area (Å²) in [6.07, 6.45) is 3.12. The fourth-order valence-electron chi connectivity index (χ4n) is 1.75. The molecular weight excluding hydrogens is 307 g/mol. The van der Waals surface area contributed by atoms with E-state index in [0.717, 1.165) is 31.0 Å². The molecule has 1 aromatic heterocycles. The van der Waals surface area contributed by atoms with Gasteiger partial charge in [0.05, 0.1) is 15.4 Å². The van der Waals surface area contributed by atoms with Gasteiger partial charge in [-0.3, -0.25) is 4.79 Å². The normalized spacial score (nSPS) is 20.8. The third-order valence-corrected chi connectivity index (χ3v) is 3.79. The second-order valence-electron chi connectivity index (χ2n) is 3.75. The summed E-state index contributed by atoms with van der Waals surface area (Å²) in [6, 6.07) is 0. The van der Waals surface area contributed by atoms with Gasteiger partial charge in [-0.15, -0.1) is 0 Å². The second kappa shape index (κ2) is 4.61. The highest BCUT2D eigenvalue weighted by Gasteiger charge is 2.17. The van der Waals surface area contributed by atoms with E-state index in [1.54, 1.807) is 0 Å². The maximum atomic E-state index is 11.5. The molecule has 0 bridgehead atoms. The monoisotopic (exact) mass is 320 g/mol. The van der Waals surface area contributed by atoms with Crippen molar-refractivity contribution >= 4 is 22.6 Å². The summed E-state index contributed by atoms with van der Waals surface area (Å²) in [6.45, 7) is 2.69. The Kier molecular flexibility index (Phi) is 3.40. The molecule has 5 heteroatoms. The van der Waals surface area contributed by atoms with Gasteiger partial charge < -0.3 is 9.72 Å². The standard InChI is InChI=1S/C10H13IN2O2/c1-6-9(11)10(14)13-8(12-6)5-7-3-2-4-15-7/h7H,2-5H2,1H3,(H,12,13,14). The topological polar surface area (TPSA) is 55.0 Å². The van der Waals surface area contributed by atoms with Crippen LogP contribution in [0.2, 0.25) is 0 Å². The molecule has 0 radical (unpaired) electrons. The van der Waals surface area contributed by atoms with E-state index in [1.165, 1.54) is 0 Å². The van der Waals surface area contributed by atoms with Crippen molar-refractivity contribution in [2.24, 2.45) is 0 Å². The molecule has 4 nitrogen and oxygen atoms in total. The summed E-state index contributed by atoms with van der Waals surface area (Å²) >= 11 is 2.01. The first-order chi connectivity index (χ1) is 7.16. The molecule has 0 saturated carbocycles. The predicted octanol–water partition coefficient (Wildman–Crippen LogP) is 1.40. The van der Waals surface area contributed by atoms with E-state index in [0.29, 0.717) is 9.99 Å². The number of aryl methyl sites for hydroxylation is 1. The number of aromatic amines is 1. The number of nitrogens with zero attached hydrogens (tertiary/aromatic N) is 1. The fraction of sp³-hybridized carbons (Fsp3) is 0.600. The van der Waals surface area contributed by atoms with Gasteiger partial charge in [0.2, 0.25) is 0 Å². The van der Waals surface area contributed by atoms with Crippen LogP contribution in [-0.2, 0) is 11.2 Å². The van der Waals surface area contributed by atoms with Crippen LogP contribution in [0.25, 0.3) is 0 Å². The maximum absolute atomic E-state index is 11.5. The van der Waals surface area contributed by atoms with Crippen molar-refractivity contribution in [3.63, 3.8) is 0 Å². The molecule has 0 spiro atoms. The van der Waals surface area contributed by atoms with Crippen molar-refractivity contribution in [2.45, 2.75) is 32.3 Å². The lowest BCUT2D eigenvalue weighted by Crippen LogP contribution is -2.20. The molecule has 1 fully saturated rings. The summed E-state index contributed by atoms with van der Waals surface area (Å²) in [5.74, 6) is 0.741. The van der Waals surface area contributed by atoms with Gasteiger partial charge in [0.25, 0.3) is 5.56 Å². The number of H-pyrrole nitrogens is 1. The quantitative estimate of drug-likeness (QED) is 0.838. The Morgan fingerprint density at radius 2 is 2.47 bits per heavy atom. The Morgan fingerprint density at radius 1 is 1.67 bits per heavy atom. The summed E-state index contributed by atoms with van der Waals surface area (Å²) in [5.41, 5.74) is 0.753. The average molecular weight is 320 g/mol. The number of halogens is 1. The molecule has 1 aliphatic rings. The van der Waals surface area contributed by atoms with Crippen molar-refractivity contribution in [3.8, 4) is 0 Å². The first-order valence-corrected chi connectivity index (χ1v) is 6.11. The Morgan fingerprint density at radius 3 is 3.07 bits per heavy atom. The summed E-state index contributed by atoms with van der Waals surface area (Å²) in [7, 11) is 0. The van der Waals surface area contributed by atoms with Crippen LogP contribution >= 0.6 is 22.6 Å². The van der Waals surface area contributed by atoms with Crippen LogP contribution in [0.3, 0.4) is 0 Å². The number of aromatic nitrogens is 2. The Balaban J connectivity index is 2.18. The van der Waals surface area contributed by atoms with Gasteiger partial charge in [-0.1, -0.05) is 0 Å². The van der Waals surface area contributed by atoms with Gasteiger partial charge in [0, 0.05) is 13.0 Å². The van der Waals surface area contributed by atoms with Crippen LogP contribution in [0.4, 0.5) is 0 Å². The Labute approximate surface area is 102 Å². The molecule has 82 valence electrons. The molecule has 1 aromatic rings. The highest BCUT2D eigenvalue weighted by molar-refractivity contribution is 14.1. The largest absolute Gasteiger partial charge is 0.378 e. The van der Waals surface area contributed by atoms with E-state index >= 15 is 0 Å². The SMILES string of the molecule is Cc1nc(CC2CCCO2)[nH]c(=O)c1I. The molecule has 1 atom stereocenters. The van der Waals surface area contributed by atoms with Gasteiger partial charge in [0.15, 0.2) is 0 Å². The van der Waals surface area contributed by atoms with Crippen LogP contribution in [0.1, 0.15) is 24.4 Å². The number of hydrogen-bond donors (Lipinski definition) is 1. The van der Waals surface area contributed by atoms with Crippen molar-refractivity contribution in [3.05, 3.63) is 25.4 Å². The second-order valence-corrected chi connectivity index (χ2v) is 4.83. The zero-order chi connectivity index (χ0) is 10.8. The number of rotatable bonds is 2. The van der Waals surface area contributed by atoms with Gasteiger partial charge in [-0.25, -0.2) is 4.98 Å². The van der Waals surface area contributed by atoms with Crippen LogP contribution in [0.15, 0.2) is 4.79 Å². The highest BCUT2D eigenvalue weighted by atomic mass is 127. The van der Waals surface area contributed by atoms with Crippen LogP contribution < -0.4 is 5.56 Å². The lowest BCUT2D eigenvalue weighted by molar-refractivity contribution is 0.110. The van der Waals surface area contributed by atoms with Crippen molar-refractivity contribution < 1.29 is 4.74 Å². The number of nitrogens with one attached hydrogen (secondary N) is 1. The van der Waals surface area contributed by atoms with E-state index < -0.39 is 0 Å². The molecule has 1 unspecified atom stereocenters. The first-order valence-electron chi connectivity index (χ1n) is 5.03. The lowest BCUT2D eigenvalue weighted by Gasteiger charge is -2.08. The molecule has 1 saturated heterocycles. The van der Waals surface area contributed by atoms with Gasteiger partial charge in [0.1, 0.15) is 5.82 Å². The lowest BCUT2D eigenvalue weighted by atomic mass is 10.2. The van der Waals surface area contributed by atoms with E-state index in [4.69, 9.17) is 4.74 Å². The zero-order valence-electron chi connectivity index (χ0n) is 8.55. The molecule has 0 aromatic carbocycles. The third-order valence-electron chi connectivity index (χ3n) is 2.52. The van der Waals surface area contributed by atoms with Crippen molar-refractivity contribution in [1.29, 1.82) is 0 Å². The van der Waals surface area contributed by atoms with Gasteiger partial charge >= 0.3 is 0 Å². The molecule has 2 heterocycles. The van der Waals surface area contributed by atoms with E-state index in [1.807, 2.05) is 29.5 Å². The minimum atomic E-state index is -0.0453. The molecular formula is C10H13IN2O2. The summed E-state index contributed by atoms with van der Waals surface area (Å²) < 4.78 is 6.17. The van der Waals surface area contributed by atoms with Crippen LogP contribution in [0.5, 0.6) is 0 Å². The van der Waals surface area contributed by atoms with Crippen molar-refractivity contribution in [2.75, 3.05) is 6.61 Å².